The van der Waals surface area contributed by atoms with Gasteiger partial charge in [0, 0.05) is 82.1 Å². The first-order valence-electron chi connectivity index (χ1n) is 25.7. The number of phenols is 1. The van der Waals surface area contributed by atoms with Crippen molar-refractivity contribution in [2.45, 2.75) is 117 Å². The molecule has 3 amide bonds. The van der Waals surface area contributed by atoms with Gasteiger partial charge in [-0.3, -0.25) is 19.2 Å². The maximum Gasteiger partial charge on any atom is 0.240 e. The van der Waals surface area contributed by atoms with Crippen molar-refractivity contribution in [3.05, 3.63) is 89.8 Å². The Hall–Kier alpha value is -5.75. The molecule has 2 aliphatic heterocycles. The number of primary amides is 1. The number of aromatic hydroxyl groups is 1. The lowest BCUT2D eigenvalue weighted by Gasteiger charge is -2.44. The number of unbranched alkanes of at least 4 members (excludes halogenated alkanes) is 5. The average molecular weight is 1000 g/mol. The number of ether oxygens (including phenoxy) is 6. The smallest absolute Gasteiger partial charge is 0.240 e. The molecule has 1 aromatic heterocycles. The van der Waals surface area contributed by atoms with E-state index in [1.807, 2.05) is 57.3 Å². The third-order valence-corrected chi connectivity index (χ3v) is 12.5. The predicted molar refractivity (Wildman–Crippen MR) is 276 cm³/mol. The van der Waals surface area contributed by atoms with Crippen molar-refractivity contribution < 1.29 is 52.7 Å². The van der Waals surface area contributed by atoms with E-state index >= 15 is 0 Å². The van der Waals surface area contributed by atoms with Gasteiger partial charge in [-0.2, -0.15) is 0 Å². The molecule has 0 aliphatic carbocycles. The van der Waals surface area contributed by atoms with E-state index in [2.05, 4.69) is 33.9 Å². The van der Waals surface area contributed by atoms with Crippen LogP contribution < -0.4 is 25.4 Å². The van der Waals surface area contributed by atoms with E-state index < -0.39 is 11.9 Å². The van der Waals surface area contributed by atoms with Crippen molar-refractivity contribution in [3.63, 3.8) is 0 Å². The summed E-state index contributed by atoms with van der Waals surface area (Å²) in [6.07, 6.45) is 12.4. The highest BCUT2D eigenvalue weighted by molar-refractivity contribution is 6.06. The van der Waals surface area contributed by atoms with Crippen molar-refractivity contribution in [3.8, 4) is 17.2 Å². The predicted octanol–water partition coefficient (Wildman–Crippen LogP) is 6.63. The molecule has 0 unspecified atom stereocenters. The van der Waals surface area contributed by atoms with Crippen LogP contribution in [0.3, 0.4) is 0 Å². The number of pyridine rings is 1. The van der Waals surface area contributed by atoms with Gasteiger partial charge in [-0.15, -0.1) is 0 Å². The molecule has 396 valence electrons. The molecule has 17 heteroatoms. The summed E-state index contributed by atoms with van der Waals surface area (Å²) < 4.78 is 34.4. The number of piperazine rings is 1. The van der Waals surface area contributed by atoms with Crippen LogP contribution in [0.4, 0.5) is 5.82 Å². The number of hydrogen-bond donors (Lipinski definition) is 3. The maximum absolute atomic E-state index is 13.0. The normalized spacial score (nSPS) is 17.0. The third kappa shape index (κ3) is 20.0. The van der Waals surface area contributed by atoms with E-state index in [-0.39, 0.29) is 40.8 Å². The van der Waals surface area contributed by atoms with Gasteiger partial charge in [0.1, 0.15) is 35.7 Å². The first-order chi connectivity index (χ1) is 34.7. The van der Waals surface area contributed by atoms with Gasteiger partial charge in [0.05, 0.1) is 65.0 Å². The van der Waals surface area contributed by atoms with Crippen molar-refractivity contribution in [2.75, 3.05) is 90.6 Å². The lowest BCUT2D eigenvalue weighted by molar-refractivity contribution is -0.142. The summed E-state index contributed by atoms with van der Waals surface area (Å²) in [5.74, 6) is 1.57. The zero-order valence-corrected chi connectivity index (χ0v) is 43.3. The number of carbonyl (C=O) groups excluding carboxylic acids is 4. The number of carbonyl (C=O) groups is 4. The number of amides is 3. The van der Waals surface area contributed by atoms with Gasteiger partial charge in [0.15, 0.2) is 5.78 Å². The molecule has 0 saturated carbocycles. The molecule has 1 saturated heterocycles. The Balaban J connectivity index is 0.782. The van der Waals surface area contributed by atoms with Crippen LogP contribution in [0, 0.1) is 5.41 Å². The zero-order valence-electron chi connectivity index (χ0n) is 43.3. The molecule has 0 bridgehead atoms. The molecule has 5 rings (SSSR count). The number of hydrogen-bond acceptors (Lipinski definition) is 14. The summed E-state index contributed by atoms with van der Waals surface area (Å²) in [5.41, 5.74) is 7.70. The largest absolute Gasteiger partial charge is 0.507 e. The number of nitrogens with two attached hydrogens (primary N) is 1. The van der Waals surface area contributed by atoms with Crippen LogP contribution in [-0.2, 0) is 46.3 Å². The number of ketones is 1. The topological polar surface area (TPSA) is 205 Å². The number of phenolic OH excluding ortho intramolecular Hbond substituents is 1. The van der Waals surface area contributed by atoms with Crippen LogP contribution in [-0.4, -0.2) is 147 Å². The Morgan fingerprint density at radius 1 is 0.750 bits per heavy atom. The standard InChI is InChI=1S/C55H80N6O11/c1-41-39-60(42(2)38-59(41)23-20-50(63)47-14-11-12-15-49(47)62)51-36-46(19-21-57-51)71-24-13-9-7-6-8-10-16-52(64)58-22-25-67-26-27-68-28-29-69-30-31-70-32-33-72-45-18-17-43-35-48(54(56)66)61(40-44(43)34-45)53(65)37-55(3,4)5/h11-12,14-15,17-21,23,34,36,41-42,48,62H,6-10,13,16,22,24-33,35,37-40H2,1-5H3,(H2,56,66)(H,58,64)/b23-20+/t41-,42-,48+/m1/s1. The van der Waals surface area contributed by atoms with Gasteiger partial charge in [0.2, 0.25) is 17.7 Å². The second-order valence-electron chi connectivity index (χ2n) is 19.8. The Morgan fingerprint density at radius 3 is 2.08 bits per heavy atom. The number of aromatic nitrogens is 1. The van der Waals surface area contributed by atoms with Gasteiger partial charge in [-0.05, 0) is 73.6 Å². The molecule has 0 spiro atoms. The highest BCUT2D eigenvalue weighted by atomic mass is 16.6. The fourth-order valence-electron chi connectivity index (χ4n) is 8.60. The SMILES string of the molecule is C[C@@H]1CN(c2cc(OCCCCCCCCC(=O)NCCOCCOCCOCCOCCOc3ccc4c(c3)CN(C(=O)CC(C)(C)C)[C@H](C(N)=O)C4)ccn2)[C@H](C)CN1/C=C/C(=O)c1ccccc1O. The van der Waals surface area contributed by atoms with Gasteiger partial charge >= 0.3 is 0 Å². The number of benzene rings is 2. The molecule has 17 nitrogen and oxygen atoms in total. The fraction of sp³-hybridized carbons (Fsp3) is 0.582. The maximum atomic E-state index is 13.0. The van der Waals surface area contributed by atoms with Crippen LogP contribution in [0.1, 0.15) is 107 Å². The molecule has 1 fully saturated rings. The molecule has 2 aromatic carbocycles. The van der Waals surface area contributed by atoms with Crippen LogP contribution in [0.5, 0.6) is 17.2 Å². The van der Waals surface area contributed by atoms with E-state index in [1.54, 1.807) is 29.3 Å². The van der Waals surface area contributed by atoms with Gasteiger partial charge in [0.25, 0.3) is 0 Å². The van der Waals surface area contributed by atoms with Crippen LogP contribution in [0.2, 0.25) is 0 Å². The third-order valence-electron chi connectivity index (χ3n) is 12.5. The highest BCUT2D eigenvalue weighted by Crippen LogP contribution is 2.30. The van der Waals surface area contributed by atoms with E-state index in [1.165, 1.54) is 12.1 Å². The molecule has 0 radical (unpaired) electrons. The minimum atomic E-state index is -0.653. The van der Waals surface area contributed by atoms with Gasteiger partial charge in [-0.25, -0.2) is 4.98 Å². The molecule has 3 atom stereocenters. The summed E-state index contributed by atoms with van der Waals surface area (Å²) in [6.45, 7) is 16.9. The summed E-state index contributed by atoms with van der Waals surface area (Å²) in [7, 11) is 0. The Morgan fingerprint density at radius 2 is 1.39 bits per heavy atom. The number of nitrogens with one attached hydrogen (secondary N) is 1. The Labute approximate surface area is 426 Å². The Bertz CT molecular complexity index is 2180. The van der Waals surface area contributed by atoms with Gasteiger partial charge < -0.3 is 59.3 Å². The van der Waals surface area contributed by atoms with Crippen LogP contribution >= 0.6 is 0 Å². The molecule has 72 heavy (non-hydrogen) atoms. The summed E-state index contributed by atoms with van der Waals surface area (Å²) in [4.78, 5) is 60.8. The van der Waals surface area contributed by atoms with E-state index in [0.717, 1.165) is 74.3 Å². The van der Waals surface area contributed by atoms with Crippen molar-refractivity contribution in [2.24, 2.45) is 11.1 Å². The molecule has 3 aromatic rings. The van der Waals surface area contributed by atoms with Crippen molar-refractivity contribution in [1.82, 2.24) is 20.1 Å². The molecule has 3 heterocycles. The molecule has 2 aliphatic rings. The summed E-state index contributed by atoms with van der Waals surface area (Å²) >= 11 is 0. The molecular weight excluding hydrogens is 921 g/mol. The van der Waals surface area contributed by atoms with E-state index in [4.69, 9.17) is 34.2 Å². The van der Waals surface area contributed by atoms with E-state index in [0.29, 0.717) is 110 Å². The van der Waals surface area contributed by atoms with Crippen LogP contribution in [0.15, 0.2) is 73.1 Å². The summed E-state index contributed by atoms with van der Waals surface area (Å²) in [5, 5.41) is 13.0. The number of para-hydroxylation sites is 1. The minimum absolute atomic E-state index is 0.0175. The first-order valence-corrected chi connectivity index (χ1v) is 25.7. The lowest BCUT2D eigenvalue weighted by atomic mass is 9.89. The van der Waals surface area contributed by atoms with Crippen molar-refractivity contribution >= 4 is 29.3 Å². The lowest BCUT2D eigenvalue weighted by Crippen LogP contribution is -2.55. The minimum Gasteiger partial charge on any atom is -0.507 e. The second-order valence-corrected chi connectivity index (χ2v) is 19.8. The summed E-state index contributed by atoms with van der Waals surface area (Å²) in [6, 6.07) is 15.8. The van der Waals surface area contributed by atoms with Crippen molar-refractivity contribution in [1.29, 1.82) is 0 Å². The van der Waals surface area contributed by atoms with E-state index in [9.17, 15) is 24.3 Å². The number of rotatable bonds is 32. The quantitative estimate of drug-likeness (QED) is 0.0342. The Kier molecular flexibility index (Phi) is 24.1. The highest BCUT2D eigenvalue weighted by Gasteiger charge is 2.35. The molecular formula is C55H80N6O11. The number of fused-ring (bicyclic) bond motifs is 1. The average Bonchev–Trinajstić information content (AvgIpc) is 3.34. The zero-order chi connectivity index (χ0) is 51.7. The number of allylic oxidation sites excluding steroid dienone is 1. The number of anilines is 1. The van der Waals surface area contributed by atoms with Gasteiger partial charge in [-0.1, -0.05) is 64.7 Å². The first kappa shape index (κ1) is 57.2. The molecule has 4 N–H and O–H groups in total. The van der Waals surface area contributed by atoms with Crippen LogP contribution in [0.25, 0.3) is 0 Å². The number of nitrogens with zero attached hydrogens (tertiary/aromatic N) is 4. The fourth-order valence-corrected chi connectivity index (χ4v) is 8.60. The second kappa shape index (κ2) is 30.3. The monoisotopic (exact) mass is 1000 g/mol.